The van der Waals surface area contributed by atoms with Crippen LogP contribution in [0.4, 0.5) is 10.2 Å². The van der Waals surface area contributed by atoms with Crippen molar-refractivity contribution in [2.45, 2.75) is 37.8 Å². The first kappa shape index (κ1) is 17.9. The minimum absolute atomic E-state index is 0.00910. The van der Waals surface area contributed by atoms with Crippen LogP contribution in [0, 0.1) is 5.82 Å². The first-order chi connectivity index (χ1) is 13.2. The van der Waals surface area contributed by atoms with Crippen LogP contribution < -0.4 is 10.2 Å². The number of hydrogen-bond donors (Lipinski definition) is 1. The zero-order chi connectivity index (χ0) is 18.6. The highest BCUT2D eigenvalue weighted by Gasteiger charge is 2.27. The molecule has 2 aliphatic rings. The van der Waals surface area contributed by atoms with Crippen molar-refractivity contribution in [1.82, 2.24) is 15.3 Å². The molecule has 1 amide bonds. The summed E-state index contributed by atoms with van der Waals surface area (Å²) >= 11 is 0. The fourth-order valence-corrected chi connectivity index (χ4v) is 3.63. The van der Waals surface area contributed by atoms with Crippen molar-refractivity contribution < 1.29 is 13.9 Å². The zero-order valence-corrected chi connectivity index (χ0v) is 15.1. The Hall–Kier alpha value is -2.54. The van der Waals surface area contributed by atoms with E-state index in [9.17, 15) is 9.18 Å². The number of piperidine rings is 1. The second-order valence-electron chi connectivity index (χ2n) is 6.99. The van der Waals surface area contributed by atoms with Gasteiger partial charge in [-0.25, -0.2) is 14.4 Å². The van der Waals surface area contributed by atoms with Crippen LogP contribution >= 0.6 is 0 Å². The molecule has 7 heteroatoms. The van der Waals surface area contributed by atoms with Gasteiger partial charge in [-0.1, -0.05) is 12.1 Å². The van der Waals surface area contributed by atoms with Gasteiger partial charge in [0.15, 0.2) is 5.82 Å². The molecule has 2 aromatic rings. The maximum atomic E-state index is 14.0. The predicted octanol–water partition coefficient (Wildman–Crippen LogP) is 2.55. The summed E-state index contributed by atoms with van der Waals surface area (Å²) in [4.78, 5) is 23.1. The molecule has 3 heterocycles. The van der Waals surface area contributed by atoms with Gasteiger partial charge >= 0.3 is 0 Å². The van der Waals surface area contributed by atoms with Crippen molar-refractivity contribution in [2.75, 3.05) is 24.6 Å². The smallest absolute Gasteiger partial charge is 0.249 e. The van der Waals surface area contributed by atoms with Crippen molar-refractivity contribution in [3.63, 3.8) is 0 Å². The van der Waals surface area contributed by atoms with Gasteiger partial charge < -0.3 is 15.0 Å². The van der Waals surface area contributed by atoms with Crippen molar-refractivity contribution in [3.8, 4) is 11.4 Å². The number of amides is 1. The molecular weight excluding hydrogens is 347 g/mol. The minimum atomic E-state index is -0.329. The lowest BCUT2D eigenvalue weighted by Gasteiger charge is -2.33. The van der Waals surface area contributed by atoms with Gasteiger partial charge in [0.25, 0.3) is 0 Å². The highest BCUT2D eigenvalue weighted by molar-refractivity contribution is 5.81. The molecular formula is C20H23FN4O2. The van der Waals surface area contributed by atoms with Crippen LogP contribution in [0.2, 0.25) is 0 Å². The Morgan fingerprint density at radius 3 is 2.74 bits per heavy atom. The highest BCUT2D eigenvalue weighted by atomic mass is 19.1. The first-order valence-corrected chi connectivity index (χ1v) is 9.45. The predicted molar refractivity (Wildman–Crippen MR) is 99.8 cm³/mol. The lowest BCUT2D eigenvalue weighted by atomic mass is 10.0. The summed E-state index contributed by atoms with van der Waals surface area (Å²) in [5.74, 6) is 0.853. The number of benzene rings is 1. The number of nitrogens with one attached hydrogen (secondary N) is 1. The fraction of sp³-hybridized carbons (Fsp3) is 0.450. The topological polar surface area (TPSA) is 67.4 Å². The SMILES string of the molecule is O=C(NC1CCN(c2ccnc(-c3ccccc3F)n2)CC1)[C@H]1CCCO1. The molecule has 0 radical (unpaired) electrons. The maximum absolute atomic E-state index is 14.0. The van der Waals surface area contributed by atoms with E-state index < -0.39 is 0 Å². The standard InChI is InChI=1S/C20H23FN4O2/c21-16-5-2-1-4-15(16)19-22-10-7-18(24-19)25-11-8-14(9-12-25)23-20(26)17-6-3-13-27-17/h1-2,4-5,7,10,14,17H,3,6,8-9,11-13H2,(H,23,26)/t17-/m1/s1. The number of carbonyl (C=O) groups is 1. The van der Waals surface area contributed by atoms with Crippen LogP contribution in [0.3, 0.4) is 0 Å². The van der Waals surface area contributed by atoms with Gasteiger partial charge in [-0.2, -0.15) is 0 Å². The average Bonchev–Trinajstić information content (AvgIpc) is 3.24. The van der Waals surface area contributed by atoms with E-state index in [0.717, 1.165) is 44.6 Å². The second-order valence-corrected chi connectivity index (χ2v) is 6.99. The molecule has 0 spiro atoms. The van der Waals surface area contributed by atoms with Gasteiger partial charge in [-0.05, 0) is 43.9 Å². The molecule has 2 fully saturated rings. The number of carbonyl (C=O) groups excluding carboxylic acids is 1. The van der Waals surface area contributed by atoms with Gasteiger partial charge in [-0.3, -0.25) is 4.79 Å². The summed E-state index contributed by atoms with van der Waals surface area (Å²) in [6.45, 7) is 2.24. The van der Waals surface area contributed by atoms with Crippen LogP contribution in [0.1, 0.15) is 25.7 Å². The molecule has 1 N–H and O–H groups in total. The maximum Gasteiger partial charge on any atom is 0.249 e. The number of nitrogens with zero attached hydrogens (tertiary/aromatic N) is 3. The first-order valence-electron chi connectivity index (χ1n) is 9.45. The fourth-order valence-electron chi connectivity index (χ4n) is 3.63. The van der Waals surface area contributed by atoms with Crippen LogP contribution in [0.15, 0.2) is 36.5 Å². The van der Waals surface area contributed by atoms with E-state index in [1.54, 1.807) is 24.4 Å². The zero-order valence-electron chi connectivity index (χ0n) is 15.1. The van der Waals surface area contributed by atoms with Gasteiger partial charge in [0, 0.05) is 31.9 Å². The Kier molecular flexibility index (Phi) is 5.29. The number of aromatic nitrogens is 2. The number of halogens is 1. The number of anilines is 1. The Morgan fingerprint density at radius 2 is 2.00 bits per heavy atom. The lowest BCUT2D eigenvalue weighted by Crippen LogP contribution is -2.47. The van der Waals surface area contributed by atoms with E-state index in [1.807, 2.05) is 6.07 Å². The van der Waals surface area contributed by atoms with Gasteiger partial charge in [0.05, 0.1) is 5.56 Å². The van der Waals surface area contributed by atoms with Gasteiger partial charge in [0.2, 0.25) is 5.91 Å². The molecule has 0 saturated carbocycles. The van der Waals surface area contributed by atoms with Gasteiger partial charge in [-0.15, -0.1) is 0 Å². The van der Waals surface area contributed by atoms with Crippen molar-refractivity contribution >= 4 is 11.7 Å². The summed E-state index contributed by atoms with van der Waals surface area (Å²) in [5.41, 5.74) is 0.401. The van der Waals surface area contributed by atoms with Crippen molar-refractivity contribution in [2.24, 2.45) is 0 Å². The largest absolute Gasteiger partial charge is 0.368 e. The van der Waals surface area contributed by atoms with E-state index in [0.29, 0.717) is 18.0 Å². The van der Waals surface area contributed by atoms with E-state index in [4.69, 9.17) is 4.74 Å². The summed E-state index contributed by atoms with van der Waals surface area (Å²) in [6, 6.07) is 8.52. The summed E-state index contributed by atoms with van der Waals surface area (Å²) < 4.78 is 19.4. The molecule has 1 aromatic heterocycles. The number of hydrogen-bond acceptors (Lipinski definition) is 5. The van der Waals surface area contributed by atoms with E-state index in [1.165, 1.54) is 6.07 Å². The Labute approximate surface area is 157 Å². The van der Waals surface area contributed by atoms with Crippen LogP contribution in [-0.2, 0) is 9.53 Å². The Morgan fingerprint density at radius 1 is 1.19 bits per heavy atom. The van der Waals surface area contributed by atoms with Gasteiger partial charge in [0.1, 0.15) is 17.7 Å². The van der Waals surface area contributed by atoms with E-state index in [-0.39, 0.29) is 23.9 Å². The minimum Gasteiger partial charge on any atom is -0.368 e. The third-order valence-electron chi connectivity index (χ3n) is 5.14. The molecule has 1 atom stereocenters. The number of ether oxygens (including phenoxy) is 1. The molecule has 0 bridgehead atoms. The summed E-state index contributed by atoms with van der Waals surface area (Å²) in [7, 11) is 0. The molecule has 0 unspecified atom stereocenters. The molecule has 1 aromatic carbocycles. The molecule has 2 saturated heterocycles. The number of rotatable bonds is 4. The Bertz CT molecular complexity index is 802. The van der Waals surface area contributed by atoms with E-state index >= 15 is 0 Å². The molecule has 2 aliphatic heterocycles. The molecule has 0 aliphatic carbocycles. The lowest BCUT2D eigenvalue weighted by molar-refractivity contribution is -0.130. The summed E-state index contributed by atoms with van der Waals surface area (Å²) in [6.07, 6.45) is 4.83. The monoisotopic (exact) mass is 370 g/mol. The highest BCUT2D eigenvalue weighted by Crippen LogP contribution is 2.23. The van der Waals surface area contributed by atoms with Crippen LogP contribution in [0.5, 0.6) is 0 Å². The summed E-state index contributed by atoms with van der Waals surface area (Å²) in [5, 5.41) is 3.10. The average molecular weight is 370 g/mol. The third kappa shape index (κ3) is 4.08. The normalized spacial score (nSPS) is 20.6. The van der Waals surface area contributed by atoms with Crippen LogP contribution in [0.25, 0.3) is 11.4 Å². The van der Waals surface area contributed by atoms with Crippen molar-refractivity contribution in [3.05, 3.63) is 42.3 Å². The second kappa shape index (κ2) is 8.00. The van der Waals surface area contributed by atoms with Crippen molar-refractivity contribution in [1.29, 1.82) is 0 Å². The third-order valence-corrected chi connectivity index (χ3v) is 5.14. The Balaban J connectivity index is 1.38. The molecule has 142 valence electrons. The molecule has 27 heavy (non-hydrogen) atoms. The van der Waals surface area contributed by atoms with Crippen LogP contribution in [-0.4, -0.2) is 47.7 Å². The van der Waals surface area contributed by atoms with E-state index in [2.05, 4.69) is 20.2 Å². The molecule has 4 rings (SSSR count). The quantitative estimate of drug-likeness (QED) is 0.896. The molecule has 6 nitrogen and oxygen atoms in total.